The fraction of sp³-hybridized carbons (Fsp3) is 0.611. The van der Waals surface area contributed by atoms with Crippen molar-refractivity contribution < 1.29 is 4.79 Å². The first-order valence-corrected chi connectivity index (χ1v) is 8.78. The van der Waals surface area contributed by atoms with Crippen LogP contribution in [-0.2, 0) is 0 Å². The van der Waals surface area contributed by atoms with Crippen molar-refractivity contribution in [3.05, 3.63) is 23.5 Å². The molecule has 2 aromatic rings. The van der Waals surface area contributed by atoms with Crippen LogP contribution in [0.5, 0.6) is 0 Å². The lowest BCUT2D eigenvalue weighted by atomic mass is 9.92. The zero-order valence-corrected chi connectivity index (χ0v) is 15.4. The molecule has 6 heteroatoms. The number of aromatic nitrogens is 3. The summed E-state index contributed by atoms with van der Waals surface area (Å²) in [6.07, 6.45) is 4.29. The van der Waals surface area contributed by atoms with Crippen molar-refractivity contribution in [2.75, 3.05) is 6.54 Å². The smallest absolute Gasteiger partial charge is 0.252 e. The molecule has 0 radical (unpaired) electrons. The number of hydrogen-bond donors (Lipinski definition) is 2. The Morgan fingerprint density at radius 1 is 1.38 bits per heavy atom. The Hall–Kier alpha value is -1.95. The molecule has 2 aromatic heterocycles. The van der Waals surface area contributed by atoms with Gasteiger partial charge in [0.2, 0.25) is 0 Å². The zero-order valence-electron chi connectivity index (χ0n) is 15.4. The quantitative estimate of drug-likeness (QED) is 0.817. The Labute approximate surface area is 143 Å². The average molecular weight is 331 g/mol. The normalized spacial score (nSPS) is 13.2. The minimum Gasteiger partial charge on any atom is -0.345 e. The average Bonchev–Trinajstić information content (AvgIpc) is 3.01. The molecule has 0 saturated carbocycles. The third-order valence-electron chi connectivity index (χ3n) is 5.07. The molecule has 0 aliphatic rings. The van der Waals surface area contributed by atoms with Crippen molar-refractivity contribution in [2.45, 2.75) is 65.5 Å². The lowest BCUT2D eigenvalue weighted by Gasteiger charge is -2.31. The van der Waals surface area contributed by atoms with E-state index in [4.69, 9.17) is 5.73 Å². The van der Waals surface area contributed by atoms with Gasteiger partial charge in [-0.3, -0.25) is 4.79 Å². The Morgan fingerprint density at radius 3 is 2.58 bits per heavy atom. The maximum atomic E-state index is 12.9. The van der Waals surface area contributed by atoms with Crippen molar-refractivity contribution in [1.29, 1.82) is 0 Å². The van der Waals surface area contributed by atoms with Gasteiger partial charge in [0.25, 0.3) is 5.91 Å². The van der Waals surface area contributed by atoms with E-state index in [9.17, 15) is 4.79 Å². The lowest BCUT2D eigenvalue weighted by Crippen LogP contribution is -2.52. The first-order valence-electron chi connectivity index (χ1n) is 8.78. The van der Waals surface area contributed by atoms with Crippen LogP contribution in [0.4, 0.5) is 0 Å². The molecule has 0 spiro atoms. The summed E-state index contributed by atoms with van der Waals surface area (Å²) in [4.78, 5) is 17.5. The second kappa shape index (κ2) is 7.30. The van der Waals surface area contributed by atoms with E-state index in [-0.39, 0.29) is 17.5 Å². The third kappa shape index (κ3) is 3.29. The van der Waals surface area contributed by atoms with Crippen molar-refractivity contribution in [3.63, 3.8) is 0 Å². The summed E-state index contributed by atoms with van der Waals surface area (Å²) in [5.41, 5.74) is 7.74. The second-order valence-electron chi connectivity index (χ2n) is 6.54. The number of hydrogen-bond acceptors (Lipinski definition) is 4. The summed E-state index contributed by atoms with van der Waals surface area (Å²) < 4.78 is 1.90. The fourth-order valence-corrected chi connectivity index (χ4v) is 2.90. The van der Waals surface area contributed by atoms with Crippen LogP contribution in [0, 0.1) is 6.92 Å². The van der Waals surface area contributed by atoms with Gasteiger partial charge in [-0.05, 0) is 39.2 Å². The van der Waals surface area contributed by atoms with E-state index in [0.29, 0.717) is 12.1 Å². The minimum atomic E-state index is -0.368. The van der Waals surface area contributed by atoms with Gasteiger partial charge in [0.1, 0.15) is 0 Å². The predicted octanol–water partition coefficient (Wildman–Crippen LogP) is 2.96. The van der Waals surface area contributed by atoms with Gasteiger partial charge in [-0.25, -0.2) is 9.67 Å². The van der Waals surface area contributed by atoms with E-state index in [0.717, 1.165) is 36.0 Å². The van der Waals surface area contributed by atoms with Crippen LogP contribution in [0.15, 0.2) is 12.3 Å². The molecule has 2 rings (SSSR count). The molecule has 1 amide bonds. The summed E-state index contributed by atoms with van der Waals surface area (Å²) in [5, 5.41) is 8.38. The third-order valence-corrected chi connectivity index (χ3v) is 5.07. The van der Waals surface area contributed by atoms with Crippen LogP contribution in [0.2, 0.25) is 0 Å². The SMILES string of the molecule is CCC(C)n1ncc2c(C(=O)NC(CC)(CC)CN)cc(C)nc21. The molecule has 6 nitrogen and oxygen atoms in total. The van der Waals surface area contributed by atoms with E-state index in [1.807, 2.05) is 31.5 Å². The summed E-state index contributed by atoms with van der Waals surface area (Å²) in [6, 6.07) is 2.06. The maximum Gasteiger partial charge on any atom is 0.252 e. The highest BCUT2D eigenvalue weighted by Gasteiger charge is 2.28. The summed E-state index contributed by atoms with van der Waals surface area (Å²) in [7, 11) is 0. The summed E-state index contributed by atoms with van der Waals surface area (Å²) in [6.45, 7) is 10.6. The van der Waals surface area contributed by atoms with Crippen LogP contribution in [0.1, 0.15) is 69.1 Å². The van der Waals surface area contributed by atoms with Crippen LogP contribution >= 0.6 is 0 Å². The van der Waals surface area contributed by atoms with E-state index >= 15 is 0 Å². The molecule has 1 atom stereocenters. The first kappa shape index (κ1) is 18.4. The molecule has 3 N–H and O–H groups in total. The van der Waals surface area contributed by atoms with E-state index in [1.165, 1.54) is 0 Å². The highest BCUT2D eigenvalue weighted by molar-refractivity contribution is 6.05. The van der Waals surface area contributed by atoms with Crippen molar-refractivity contribution in [1.82, 2.24) is 20.1 Å². The number of amides is 1. The van der Waals surface area contributed by atoms with Gasteiger partial charge in [0.15, 0.2) is 5.65 Å². The van der Waals surface area contributed by atoms with E-state index in [1.54, 1.807) is 6.20 Å². The van der Waals surface area contributed by atoms with Crippen LogP contribution in [-0.4, -0.2) is 32.8 Å². The highest BCUT2D eigenvalue weighted by Crippen LogP contribution is 2.23. The van der Waals surface area contributed by atoms with Crippen molar-refractivity contribution >= 4 is 16.9 Å². The molecule has 0 aliphatic carbocycles. The number of nitrogens with one attached hydrogen (secondary N) is 1. The number of nitrogens with two attached hydrogens (primary N) is 1. The van der Waals surface area contributed by atoms with Gasteiger partial charge in [0.05, 0.1) is 28.7 Å². The van der Waals surface area contributed by atoms with Gasteiger partial charge in [-0.2, -0.15) is 5.10 Å². The van der Waals surface area contributed by atoms with Gasteiger partial charge >= 0.3 is 0 Å². The standard InChI is InChI=1S/C18H29N5O/c1-6-13(5)23-16-15(10-20-23)14(9-12(4)21-16)17(24)22-18(7-2,8-3)11-19/h9-10,13H,6-8,11,19H2,1-5H3,(H,22,24). The number of pyridine rings is 1. The number of carbonyl (C=O) groups is 1. The van der Waals surface area contributed by atoms with Crippen molar-refractivity contribution in [3.8, 4) is 0 Å². The summed E-state index contributed by atoms with van der Waals surface area (Å²) >= 11 is 0. The zero-order chi connectivity index (χ0) is 17.9. The largest absolute Gasteiger partial charge is 0.345 e. The number of fused-ring (bicyclic) bond motifs is 1. The molecule has 0 bridgehead atoms. The van der Waals surface area contributed by atoms with Crippen molar-refractivity contribution in [2.24, 2.45) is 5.73 Å². The number of rotatable bonds is 7. The molecule has 0 fully saturated rings. The number of carbonyl (C=O) groups excluding carboxylic acids is 1. The molecule has 1 unspecified atom stereocenters. The van der Waals surface area contributed by atoms with E-state index < -0.39 is 0 Å². The van der Waals surface area contributed by atoms with Crippen LogP contribution < -0.4 is 11.1 Å². The topological polar surface area (TPSA) is 85.8 Å². The van der Waals surface area contributed by atoms with Gasteiger partial charge < -0.3 is 11.1 Å². The Balaban J connectivity index is 2.49. The summed E-state index contributed by atoms with van der Waals surface area (Å²) in [5.74, 6) is -0.108. The van der Waals surface area contributed by atoms with Gasteiger partial charge in [-0.1, -0.05) is 20.8 Å². The Morgan fingerprint density at radius 2 is 2.04 bits per heavy atom. The van der Waals surface area contributed by atoms with Gasteiger partial charge in [0, 0.05) is 12.2 Å². The molecule has 2 heterocycles. The van der Waals surface area contributed by atoms with E-state index in [2.05, 4.69) is 29.2 Å². The molecule has 0 saturated heterocycles. The Kier molecular flexibility index (Phi) is 5.59. The second-order valence-corrected chi connectivity index (χ2v) is 6.54. The highest BCUT2D eigenvalue weighted by atomic mass is 16.1. The molecular formula is C18H29N5O. The number of aryl methyl sites for hydroxylation is 1. The minimum absolute atomic E-state index is 0.108. The van der Waals surface area contributed by atoms with Crippen LogP contribution in [0.25, 0.3) is 11.0 Å². The molecular weight excluding hydrogens is 302 g/mol. The molecule has 132 valence electrons. The van der Waals surface area contributed by atoms with Crippen LogP contribution in [0.3, 0.4) is 0 Å². The molecule has 0 aliphatic heterocycles. The predicted molar refractivity (Wildman–Crippen MR) is 97.1 cm³/mol. The number of nitrogens with zero attached hydrogens (tertiary/aromatic N) is 3. The Bertz CT molecular complexity index is 709. The first-order chi connectivity index (χ1) is 11.4. The molecule has 0 aromatic carbocycles. The monoisotopic (exact) mass is 331 g/mol. The molecule has 24 heavy (non-hydrogen) atoms. The van der Waals surface area contributed by atoms with Gasteiger partial charge in [-0.15, -0.1) is 0 Å². The maximum absolute atomic E-state index is 12.9. The fourth-order valence-electron chi connectivity index (χ4n) is 2.90. The lowest BCUT2D eigenvalue weighted by molar-refractivity contribution is 0.0897.